The van der Waals surface area contributed by atoms with E-state index in [1.807, 2.05) is 0 Å². The number of nitrogens with zero attached hydrogens (tertiary/aromatic N) is 1. The lowest BCUT2D eigenvalue weighted by atomic mass is 9.85. The summed E-state index contributed by atoms with van der Waals surface area (Å²) in [5.41, 5.74) is 5.70. The van der Waals surface area contributed by atoms with Gasteiger partial charge in [-0.25, -0.2) is 4.58 Å². The van der Waals surface area contributed by atoms with Gasteiger partial charge in [0, 0.05) is 19.3 Å². The largest absolute Gasteiger partial charge is 0.236 e. The summed E-state index contributed by atoms with van der Waals surface area (Å²) in [6.45, 7) is 11.0. The van der Waals surface area contributed by atoms with E-state index in [0.29, 0.717) is 12.0 Å². The maximum absolute atomic E-state index is 4.35. The molecule has 0 spiro atoms. The van der Waals surface area contributed by atoms with Crippen molar-refractivity contribution in [3.05, 3.63) is 59.2 Å². The molecule has 0 saturated heterocycles. The molecule has 106 valence electrons. The SMILES string of the molecule is C=C1CC([N+](C)=CC)C(C)=C1C(CC)c1ccccc1. The molecule has 0 radical (unpaired) electrons. The Kier molecular flexibility index (Phi) is 4.59. The summed E-state index contributed by atoms with van der Waals surface area (Å²) in [7, 11) is 2.16. The van der Waals surface area contributed by atoms with Crippen molar-refractivity contribution in [1.82, 2.24) is 0 Å². The topological polar surface area (TPSA) is 3.01 Å². The fraction of sp³-hybridized carbons (Fsp3) is 0.421. The van der Waals surface area contributed by atoms with E-state index < -0.39 is 0 Å². The monoisotopic (exact) mass is 268 g/mol. The standard InChI is InChI=1S/C19H26N/c1-6-17(16-11-9-8-10-12-16)19-14(3)13-18(15(19)4)20(5)7-2/h7-12,17-18H,3,6,13H2,1-2,4-5H3/q+1. The molecule has 20 heavy (non-hydrogen) atoms. The third kappa shape index (κ3) is 2.63. The molecule has 1 aromatic carbocycles. The van der Waals surface area contributed by atoms with E-state index in [0.717, 1.165) is 12.8 Å². The van der Waals surface area contributed by atoms with Gasteiger partial charge in [0.2, 0.25) is 0 Å². The lowest BCUT2D eigenvalue weighted by Gasteiger charge is -2.19. The number of hydrogen-bond donors (Lipinski definition) is 0. The van der Waals surface area contributed by atoms with E-state index in [1.54, 1.807) is 0 Å². The Morgan fingerprint density at radius 3 is 2.55 bits per heavy atom. The van der Waals surface area contributed by atoms with Crippen LogP contribution in [0.3, 0.4) is 0 Å². The van der Waals surface area contributed by atoms with Gasteiger partial charge in [-0.1, -0.05) is 43.8 Å². The molecular formula is C19H26N+. The second-order valence-corrected chi connectivity index (χ2v) is 5.72. The maximum atomic E-state index is 4.35. The van der Waals surface area contributed by atoms with Crippen LogP contribution >= 0.6 is 0 Å². The summed E-state index contributed by atoms with van der Waals surface area (Å²) in [6.07, 6.45) is 4.35. The molecule has 0 fully saturated rings. The minimum atomic E-state index is 0.485. The van der Waals surface area contributed by atoms with Crippen molar-refractivity contribution in [2.45, 2.75) is 45.6 Å². The minimum Gasteiger partial charge on any atom is -0.236 e. The van der Waals surface area contributed by atoms with Crippen molar-refractivity contribution in [3.63, 3.8) is 0 Å². The van der Waals surface area contributed by atoms with Gasteiger partial charge in [0.1, 0.15) is 13.3 Å². The molecule has 1 heteroatoms. The molecule has 2 unspecified atom stereocenters. The van der Waals surface area contributed by atoms with Gasteiger partial charge in [-0.15, -0.1) is 0 Å². The van der Waals surface area contributed by atoms with Crippen LogP contribution in [0.15, 0.2) is 53.6 Å². The Balaban J connectivity index is 2.43. The van der Waals surface area contributed by atoms with Crippen LogP contribution < -0.4 is 0 Å². The first-order valence-electron chi connectivity index (χ1n) is 7.55. The van der Waals surface area contributed by atoms with Crippen LogP contribution in [0, 0.1) is 0 Å². The average Bonchev–Trinajstić information content (AvgIpc) is 2.77. The van der Waals surface area contributed by atoms with Crippen LogP contribution in [0.4, 0.5) is 0 Å². The van der Waals surface area contributed by atoms with Crippen molar-refractivity contribution in [2.75, 3.05) is 7.05 Å². The van der Waals surface area contributed by atoms with Crippen LogP contribution in [-0.2, 0) is 0 Å². The predicted molar refractivity (Wildman–Crippen MR) is 87.6 cm³/mol. The number of allylic oxidation sites excluding steroid dienone is 1. The summed E-state index contributed by atoms with van der Waals surface area (Å²) < 4.78 is 2.31. The zero-order valence-corrected chi connectivity index (χ0v) is 13.2. The second-order valence-electron chi connectivity index (χ2n) is 5.72. The molecule has 0 aromatic heterocycles. The van der Waals surface area contributed by atoms with E-state index in [1.165, 1.54) is 22.3 Å². The molecule has 0 bridgehead atoms. The van der Waals surface area contributed by atoms with E-state index in [-0.39, 0.29) is 0 Å². The number of likely N-dealkylation sites (N-methyl/N-ethyl adjacent to an activating group) is 1. The van der Waals surface area contributed by atoms with Crippen molar-refractivity contribution in [2.24, 2.45) is 0 Å². The van der Waals surface area contributed by atoms with Crippen LogP contribution in [-0.4, -0.2) is 23.9 Å². The van der Waals surface area contributed by atoms with Gasteiger partial charge in [-0.05, 0) is 35.6 Å². The average molecular weight is 268 g/mol. The fourth-order valence-corrected chi connectivity index (χ4v) is 3.40. The van der Waals surface area contributed by atoms with E-state index in [9.17, 15) is 0 Å². The van der Waals surface area contributed by atoms with Crippen molar-refractivity contribution < 1.29 is 4.58 Å². The van der Waals surface area contributed by atoms with Crippen molar-refractivity contribution in [1.29, 1.82) is 0 Å². The zero-order valence-electron chi connectivity index (χ0n) is 13.2. The van der Waals surface area contributed by atoms with E-state index in [4.69, 9.17) is 0 Å². The highest BCUT2D eigenvalue weighted by Gasteiger charge is 2.34. The molecule has 0 saturated carbocycles. The molecule has 1 nitrogen and oxygen atoms in total. The third-order valence-corrected chi connectivity index (χ3v) is 4.60. The van der Waals surface area contributed by atoms with E-state index in [2.05, 4.69) is 75.5 Å². The Bertz CT molecular complexity index is 548. The van der Waals surface area contributed by atoms with Crippen LogP contribution in [0.1, 0.15) is 45.1 Å². The Labute approximate surface area is 123 Å². The predicted octanol–water partition coefficient (Wildman–Crippen LogP) is 4.56. The highest BCUT2D eigenvalue weighted by atomic mass is 15.0. The Morgan fingerprint density at radius 1 is 1.35 bits per heavy atom. The zero-order chi connectivity index (χ0) is 14.7. The van der Waals surface area contributed by atoms with Gasteiger partial charge in [0.05, 0.1) is 0 Å². The lowest BCUT2D eigenvalue weighted by Crippen LogP contribution is -2.22. The molecule has 0 aliphatic heterocycles. The Hall–Kier alpha value is -1.63. The molecule has 0 amide bonds. The molecule has 1 aromatic rings. The molecule has 0 heterocycles. The van der Waals surface area contributed by atoms with Crippen molar-refractivity contribution in [3.8, 4) is 0 Å². The first-order valence-corrected chi connectivity index (χ1v) is 7.55. The second kappa shape index (κ2) is 6.21. The maximum Gasteiger partial charge on any atom is 0.177 e. The number of rotatable bonds is 4. The van der Waals surface area contributed by atoms with Gasteiger partial charge in [-0.2, -0.15) is 0 Å². The summed E-state index contributed by atoms with van der Waals surface area (Å²) in [4.78, 5) is 0. The third-order valence-electron chi connectivity index (χ3n) is 4.60. The van der Waals surface area contributed by atoms with Gasteiger partial charge in [0.15, 0.2) is 6.04 Å². The molecule has 2 atom stereocenters. The van der Waals surface area contributed by atoms with Crippen LogP contribution in [0.2, 0.25) is 0 Å². The normalized spacial score (nSPS) is 21.5. The summed E-state index contributed by atoms with van der Waals surface area (Å²) >= 11 is 0. The molecule has 1 aliphatic rings. The molecule has 1 aliphatic carbocycles. The smallest absolute Gasteiger partial charge is 0.177 e. The van der Waals surface area contributed by atoms with Gasteiger partial charge in [-0.3, -0.25) is 0 Å². The summed E-state index contributed by atoms with van der Waals surface area (Å²) in [5.74, 6) is 0.485. The van der Waals surface area contributed by atoms with Crippen molar-refractivity contribution >= 4 is 6.21 Å². The molecule has 0 N–H and O–H groups in total. The number of hydrogen-bond acceptors (Lipinski definition) is 0. The Morgan fingerprint density at radius 2 is 2.00 bits per heavy atom. The van der Waals surface area contributed by atoms with Crippen LogP contribution in [0.5, 0.6) is 0 Å². The fourth-order valence-electron chi connectivity index (χ4n) is 3.40. The summed E-state index contributed by atoms with van der Waals surface area (Å²) in [5, 5.41) is 0. The highest BCUT2D eigenvalue weighted by molar-refractivity contribution is 5.51. The van der Waals surface area contributed by atoms with Crippen LogP contribution in [0.25, 0.3) is 0 Å². The summed E-state index contributed by atoms with van der Waals surface area (Å²) in [6, 6.07) is 11.3. The quantitative estimate of drug-likeness (QED) is 0.556. The molecule has 2 rings (SSSR count). The van der Waals surface area contributed by atoms with Gasteiger partial charge < -0.3 is 0 Å². The minimum absolute atomic E-state index is 0.485. The molecular weight excluding hydrogens is 242 g/mol. The first kappa shape index (κ1) is 14.8. The first-order chi connectivity index (χ1) is 9.60. The van der Waals surface area contributed by atoms with Gasteiger partial charge in [0.25, 0.3) is 0 Å². The highest BCUT2D eigenvalue weighted by Crippen LogP contribution is 2.42. The lowest BCUT2D eigenvalue weighted by molar-refractivity contribution is -0.522. The van der Waals surface area contributed by atoms with E-state index >= 15 is 0 Å². The van der Waals surface area contributed by atoms with Gasteiger partial charge >= 0.3 is 0 Å². The number of benzene rings is 1.